The van der Waals surface area contributed by atoms with Crippen LogP contribution < -0.4 is 5.32 Å². The summed E-state index contributed by atoms with van der Waals surface area (Å²) in [6.07, 6.45) is 2.81. The van der Waals surface area contributed by atoms with Crippen LogP contribution in [0.15, 0.2) is 0 Å². The molecule has 0 aromatic rings. The highest BCUT2D eigenvalue weighted by Gasteiger charge is 2.31. The molecule has 21 heavy (non-hydrogen) atoms. The van der Waals surface area contributed by atoms with Gasteiger partial charge in [-0.15, -0.1) is 0 Å². The molecule has 1 amide bonds. The van der Waals surface area contributed by atoms with Gasteiger partial charge in [0.1, 0.15) is 0 Å². The lowest BCUT2D eigenvalue weighted by molar-refractivity contribution is -0.126. The summed E-state index contributed by atoms with van der Waals surface area (Å²) in [6, 6.07) is 0. The summed E-state index contributed by atoms with van der Waals surface area (Å²) in [5, 5.41) is 2.81. The van der Waals surface area contributed by atoms with Crippen LogP contribution >= 0.6 is 0 Å². The largest absolute Gasteiger partial charge is 0.356 e. The van der Waals surface area contributed by atoms with Crippen molar-refractivity contribution < 1.29 is 21.6 Å². The molecule has 1 N–H and O–H groups in total. The lowest BCUT2D eigenvalue weighted by Gasteiger charge is -2.29. The zero-order valence-corrected chi connectivity index (χ0v) is 13.7. The highest BCUT2D eigenvalue weighted by Crippen LogP contribution is 2.20. The lowest BCUT2D eigenvalue weighted by Crippen LogP contribution is -2.43. The number of nitrogens with zero attached hydrogens (tertiary/aromatic N) is 1. The van der Waals surface area contributed by atoms with Crippen molar-refractivity contribution in [2.24, 2.45) is 11.8 Å². The van der Waals surface area contributed by atoms with Crippen molar-refractivity contribution in [3.05, 3.63) is 0 Å². The van der Waals surface area contributed by atoms with Crippen LogP contribution in [0.3, 0.4) is 0 Å². The number of piperidine rings is 1. The van der Waals surface area contributed by atoms with Gasteiger partial charge in [-0.2, -0.15) is 0 Å². The fourth-order valence-corrected chi connectivity index (χ4v) is 5.61. The van der Waals surface area contributed by atoms with Crippen molar-refractivity contribution in [3.8, 4) is 0 Å². The summed E-state index contributed by atoms with van der Waals surface area (Å²) in [7, 11) is -6.09. The van der Waals surface area contributed by atoms with Gasteiger partial charge in [0.2, 0.25) is 15.9 Å². The van der Waals surface area contributed by atoms with Crippen molar-refractivity contribution in [1.82, 2.24) is 9.62 Å². The van der Waals surface area contributed by atoms with E-state index in [0.29, 0.717) is 38.9 Å². The number of nitrogens with one attached hydrogen (secondary N) is 1. The van der Waals surface area contributed by atoms with Gasteiger partial charge in [-0.05, 0) is 25.2 Å². The summed E-state index contributed by atoms with van der Waals surface area (Å²) in [5.74, 6) is 0.101. The van der Waals surface area contributed by atoms with Crippen LogP contribution in [0.5, 0.6) is 0 Å². The molecule has 2 aliphatic rings. The van der Waals surface area contributed by atoms with Crippen LogP contribution in [0.4, 0.5) is 0 Å². The van der Waals surface area contributed by atoms with Gasteiger partial charge < -0.3 is 5.32 Å². The third kappa shape index (κ3) is 4.65. The third-order valence-corrected chi connectivity index (χ3v) is 7.33. The molecule has 2 heterocycles. The molecule has 2 rings (SSSR count). The second-order valence-electron chi connectivity index (χ2n) is 5.95. The number of amides is 1. The molecular formula is C12H22N2O5S2. The Bertz CT molecular complexity index is 591. The summed E-state index contributed by atoms with van der Waals surface area (Å²) in [5.41, 5.74) is 0. The first kappa shape index (κ1) is 16.7. The van der Waals surface area contributed by atoms with Gasteiger partial charge >= 0.3 is 0 Å². The van der Waals surface area contributed by atoms with Gasteiger partial charge in [0, 0.05) is 25.6 Å². The van der Waals surface area contributed by atoms with E-state index in [1.54, 1.807) is 0 Å². The zero-order chi connectivity index (χ0) is 15.7. The highest BCUT2D eigenvalue weighted by atomic mass is 32.2. The zero-order valence-electron chi connectivity index (χ0n) is 12.1. The number of carbonyl (C=O) groups is 1. The van der Waals surface area contributed by atoms with Crippen LogP contribution in [0.2, 0.25) is 0 Å². The molecule has 0 saturated carbocycles. The first-order chi connectivity index (χ1) is 9.67. The second-order valence-corrected chi connectivity index (χ2v) is 10.2. The van der Waals surface area contributed by atoms with Gasteiger partial charge in [0.25, 0.3) is 0 Å². The Morgan fingerprint density at radius 1 is 1.24 bits per heavy atom. The van der Waals surface area contributed by atoms with Crippen LogP contribution in [0.25, 0.3) is 0 Å². The highest BCUT2D eigenvalue weighted by molar-refractivity contribution is 7.91. The molecule has 0 spiro atoms. The summed E-state index contributed by atoms with van der Waals surface area (Å²) in [6.45, 7) is 1.13. The predicted octanol–water partition coefficient (Wildman–Crippen LogP) is -0.791. The minimum Gasteiger partial charge on any atom is -0.356 e. The molecule has 0 aromatic heterocycles. The number of sulfone groups is 1. The number of sulfonamides is 1. The first-order valence-electron chi connectivity index (χ1n) is 7.10. The minimum absolute atomic E-state index is 0.00931. The Labute approximate surface area is 126 Å². The molecule has 9 heteroatoms. The van der Waals surface area contributed by atoms with Crippen LogP contribution in [0.1, 0.15) is 19.3 Å². The number of carbonyl (C=O) groups excluding carboxylic acids is 1. The number of hydrogen-bond donors (Lipinski definition) is 1. The Balaban J connectivity index is 1.76. The molecule has 2 aliphatic heterocycles. The van der Waals surface area contributed by atoms with E-state index < -0.39 is 19.9 Å². The second kappa shape index (κ2) is 6.21. The molecule has 7 nitrogen and oxygen atoms in total. The smallest absolute Gasteiger partial charge is 0.223 e. The van der Waals surface area contributed by atoms with Crippen LogP contribution in [-0.4, -0.2) is 64.4 Å². The molecule has 2 fully saturated rings. The van der Waals surface area contributed by atoms with E-state index in [1.807, 2.05) is 0 Å². The van der Waals surface area contributed by atoms with E-state index in [2.05, 4.69) is 5.32 Å². The summed E-state index contributed by atoms with van der Waals surface area (Å²) < 4.78 is 46.9. The molecule has 2 saturated heterocycles. The first-order valence-corrected chi connectivity index (χ1v) is 10.8. The molecule has 1 unspecified atom stereocenters. The molecule has 0 aromatic carbocycles. The average molecular weight is 338 g/mol. The molecule has 0 radical (unpaired) electrons. The van der Waals surface area contributed by atoms with E-state index in [1.165, 1.54) is 10.6 Å². The SMILES string of the molecule is CS(=O)(=O)N1CCC(C(=O)NCC2CCS(=O)(=O)C2)CC1. The average Bonchev–Trinajstić information content (AvgIpc) is 2.75. The molecule has 0 bridgehead atoms. The normalized spacial score (nSPS) is 27.6. The van der Waals surface area contributed by atoms with Gasteiger partial charge in [-0.1, -0.05) is 0 Å². The van der Waals surface area contributed by atoms with E-state index in [0.717, 1.165) is 0 Å². The topological polar surface area (TPSA) is 101 Å². The van der Waals surface area contributed by atoms with Crippen molar-refractivity contribution in [2.45, 2.75) is 19.3 Å². The van der Waals surface area contributed by atoms with E-state index in [9.17, 15) is 21.6 Å². The van der Waals surface area contributed by atoms with E-state index in [4.69, 9.17) is 0 Å². The Hall–Kier alpha value is -0.670. The van der Waals surface area contributed by atoms with E-state index in [-0.39, 0.29) is 29.2 Å². The van der Waals surface area contributed by atoms with Gasteiger partial charge in [0.15, 0.2) is 9.84 Å². The maximum Gasteiger partial charge on any atom is 0.223 e. The Morgan fingerprint density at radius 3 is 2.33 bits per heavy atom. The van der Waals surface area contributed by atoms with Crippen molar-refractivity contribution in [3.63, 3.8) is 0 Å². The maximum atomic E-state index is 12.0. The van der Waals surface area contributed by atoms with Crippen molar-refractivity contribution in [1.29, 1.82) is 0 Å². The third-order valence-electron chi connectivity index (χ3n) is 4.19. The van der Waals surface area contributed by atoms with Crippen LogP contribution in [0, 0.1) is 11.8 Å². The van der Waals surface area contributed by atoms with Crippen LogP contribution in [-0.2, 0) is 24.7 Å². The van der Waals surface area contributed by atoms with Gasteiger partial charge in [-0.25, -0.2) is 21.1 Å². The summed E-state index contributed by atoms with van der Waals surface area (Å²) >= 11 is 0. The molecule has 0 aliphatic carbocycles. The Morgan fingerprint density at radius 2 is 1.86 bits per heavy atom. The fourth-order valence-electron chi connectivity index (χ4n) is 2.87. The van der Waals surface area contributed by atoms with Crippen molar-refractivity contribution in [2.75, 3.05) is 37.4 Å². The number of hydrogen-bond acceptors (Lipinski definition) is 5. The van der Waals surface area contributed by atoms with Crippen molar-refractivity contribution >= 4 is 25.8 Å². The minimum atomic E-state index is -3.18. The van der Waals surface area contributed by atoms with E-state index >= 15 is 0 Å². The van der Waals surface area contributed by atoms with Gasteiger partial charge in [0.05, 0.1) is 17.8 Å². The monoisotopic (exact) mass is 338 g/mol. The maximum absolute atomic E-state index is 12.0. The molecular weight excluding hydrogens is 316 g/mol. The lowest BCUT2D eigenvalue weighted by atomic mass is 9.97. The standard InChI is InChI=1S/C12H22N2O5S2/c1-20(16,17)14-5-2-11(3-6-14)12(15)13-8-10-4-7-21(18,19)9-10/h10-11H,2-9H2,1H3,(H,13,15). The predicted molar refractivity (Wildman–Crippen MR) is 78.9 cm³/mol. The molecule has 122 valence electrons. The summed E-state index contributed by atoms with van der Waals surface area (Å²) in [4.78, 5) is 12.0. The Kier molecular flexibility index (Phi) is 4.94. The quantitative estimate of drug-likeness (QED) is 0.724. The van der Waals surface area contributed by atoms with Gasteiger partial charge in [-0.3, -0.25) is 4.79 Å². The fraction of sp³-hybridized carbons (Fsp3) is 0.917. The molecule has 1 atom stereocenters. The number of rotatable bonds is 4.